The Morgan fingerprint density at radius 1 is 0.939 bits per heavy atom. The third-order valence-electron chi connectivity index (χ3n) is 6.17. The van der Waals surface area contributed by atoms with E-state index in [1.165, 1.54) is 5.56 Å². The highest BCUT2D eigenvalue weighted by Gasteiger charge is 2.41. The SMILES string of the molecule is Cc1ccc(-n2c(C)cc([C@H]3[C@H](c4ccccn4)NC(=S)N3Cc3ccccn3)c2C)nc1. The topological polar surface area (TPSA) is 58.9 Å². The van der Waals surface area contributed by atoms with Gasteiger partial charge in [0.05, 0.1) is 30.0 Å². The first-order valence-corrected chi connectivity index (χ1v) is 11.4. The molecule has 0 radical (unpaired) electrons. The second kappa shape index (κ2) is 8.75. The van der Waals surface area contributed by atoms with Gasteiger partial charge in [0.25, 0.3) is 0 Å². The van der Waals surface area contributed by atoms with E-state index in [9.17, 15) is 0 Å². The number of hydrogen-bond donors (Lipinski definition) is 1. The molecule has 1 aliphatic heterocycles. The minimum absolute atomic E-state index is 0.0280. The van der Waals surface area contributed by atoms with Gasteiger partial charge >= 0.3 is 0 Å². The van der Waals surface area contributed by atoms with Crippen LogP contribution in [0.4, 0.5) is 0 Å². The molecule has 0 saturated carbocycles. The van der Waals surface area contributed by atoms with Gasteiger partial charge in [-0.2, -0.15) is 0 Å². The monoisotopic (exact) mass is 454 g/mol. The number of aromatic nitrogens is 4. The Hall–Kier alpha value is -3.58. The van der Waals surface area contributed by atoms with E-state index in [-0.39, 0.29) is 12.1 Å². The zero-order chi connectivity index (χ0) is 22.9. The maximum absolute atomic E-state index is 5.82. The van der Waals surface area contributed by atoms with Crippen molar-refractivity contribution < 1.29 is 0 Å². The van der Waals surface area contributed by atoms with Crippen molar-refractivity contribution in [1.82, 2.24) is 29.7 Å². The summed E-state index contributed by atoms with van der Waals surface area (Å²) in [6.07, 6.45) is 5.56. The van der Waals surface area contributed by atoms with E-state index in [4.69, 9.17) is 12.2 Å². The highest BCUT2D eigenvalue weighted by atomic mass is 32.1. The van der Waals surface area contributed by atoms with Gasteiger partial charge < -0.3 is 14.8 Å². The lowest BCUT2D eigenvalue weighted by molar-refractivity contribution is 0.307. The van der Waals surface area contributed by atoms with Crippen LogP contribution in [0.25, 0.3) is 5.82 Å². The lowest BCUT2D eigenvalue weighted by Crippen LogP contribution is -2.29. The van der Waals surface area contributed by atoms with Gasteiger partial charge in [-0.1, -0.05) is 18.2 Å². The number of thiocarbonyl (C=S) groups is 1. The fourth-order valence-corrected chi connectivity index (χ4v) is 4.92. The second-order valence-electron chi connectivity index (χ2n) is 8.43. The quantitative estimate of drug-likeness (QED) is 0.439. The van der Waals surface area contributed by atoms with E-state index < -0.39 is 0 Å². The van der Waals surface area contributed by atoms with Gasteiger partial charge in [-0.3, -0.25) is 9.97 Å². The zero-order valence-corrected chi connectivity index (χ0v) is 19.8. The Balaban J connectivity index is 1.61. The lowest BCUT2D eigenvalue weighted by atomic mass is 9.96. The van der Waals surface area contributed by atoms with Gasteiger partial charge in [0.2, 0.25) is 0 Å². The van der Waals surface area contributed by atoms with Crippen LogP contribution in [0.1, 0.15) is 46.0 Å². The molecule has 0 aliphatic carbocycles. The van der Waals surface area contributed by atoms with Crippen molar-refractivity contribution >= 4 is 17.3 Å². The average molecular weight is 455 g/mol. The number of hydrogen-bond acceptors (Lipinski definition) is 4. The molecule has 7 heteroatoms. The van der Waals surface area contributed by atoms with Crippen LogP contribution in [0.15, 0.2) is 73.2 Å². The Labute approximate surface area is 199 Å². The second-order valence-corrected chi connectivity index (χ2v) is 8.82. The Kier molecular flexibility index (Phi) is 5.64. The fraction of sp³-hybridized carbons (Fsp3) is 0.231. The third kappa shape index (κ3) is 4.00. The molecule has 33 heavy (non-hydrogen) atoms. The molecule has 0 bridgehead atoms. The Bertz CT molecular complexity index is 1270. The first-order valence-electron chi connectivity index (χ1n) is 11.0. The predicted molar refractivity (Wildman–Crippen MR) is 133 cm³/mol. The highest BCUT2D eigenvalue weighted by molar-refractivity contribution is 7.80. The summed E-state index contributed by atoms with van der Waals surface area (Å²) in [5, 5.41) is 4.24. The van der Waals surface area contributed by atoms with Gasteiger partial charge in [0.15, 0.2) is 5.11 Å². The van der Waals surface area contributed by atoms with Crippen molar-refractivity contribution in [2.75, 3.05) is 0 Å². The minimum Gasteiger partial charge on any atom is -0.352 e. The normalized spacial score (nSPS) is 17.9. The van der Waals surface area contributed by atoms with Crippen LogP contribution in [0.2, 0.25) is 0 Å². The maximum Gasteiger partial charge on any atom is 0.170 e. The van der Waals surface area contributed by atoms with Crippen molar-refractivity contribution in [2.24, 2.45) is 0 Å². The van der Waals surface area contributed by atoms with Gasteiger partial charge in [-0.05, 0) is 80.5 Å². The molecule has 2 atom stereocenters. The van der Waals surface area contributed by atoms with Crippen LogP contribution in [-0.4, -0.2) is 29.5 Å². The molecule has 1 fully saturated rings. The summed E-state index contributed by atoms with van der Waals surface area (Å²) in [5.41, 5.74) is 6.56. The fourth-order valence-electron chi connectivity index (χ4n) is 4.61. The number of nitrogens with zero attached hydrogens (tertiary/aromatic N) is 5. The standard InChI is InChI=1S/C26H26N6S/c1-17-10-11-23(29-15-17)32-18(2)14-21(19(32)3)25-24(22-9-5-7-13-28-22)30-26(33)31(25)16-20-8-4-6-12-27-20/h4-15,24-25H,16H2,1-3H3,(H,30,33)/t24-,25-/m0/s1. The molecule has 5 rings (SSSR count). The Morgan fingerprint density at radius 3 is 2.39 bits per heavy atom. The van der Waals surface area contributed by atoms with Crippen molar-refractivity contribution in [2.45, 2.75) is 39.4 Å². The van der Waals surface area contributed by atoms with Crippen LogP contribution >= 0.6 is 12.2 Å². The van der Waals surface area contributed by atoms with Crippen LogP contribution in [-0.2, 0) is 6.54 Å². The molecule has 0 spiro atoms. The van der Waals surface area contributed by atoms with Gasteiger partial charge in [0.1, 0.15) is 5.82 Å². The molecule has 166 valence electrons. The van der Waals surface area contributed by atoms with Crippen molar-refractivity contribution in [3.8, 4) is 5.82 Å². The predicted octanol–water partition coefficient (Wildman–Crippen LogP) is 4.76. The molecule has 6 nitrogen and oxygen atoms in total. The molecule has 0 aromatic carbocycles. The highest BCUT2D eigenvalue weighted by Crippen LogP contribution is 2.41. The molecule has 1 saturated heterocycles. The van der Waals surface area contributed by atoms with Crippen LogP contribution < -0.4 is 5.32 Å². The smallest absolute Gasteiger partial charge is 0.170 e. The van der Waals surface area contributed by atoms with E-state index in [0.717, 1.165) is 34.2 Å². The molecular weight excluding hydrogens is 428 g/mol. The van der Waals surface area contributed by atoms with Crippen molar-refractivity contribution in [3.05, 3.63) is 107 Å². The molecule has 0 unspecified atom stereocenters. The summed E-state index contributed by atoms with van der Waals surface area (Å²) in [7, 11) is 0. The first kappa shape index (κ1) is 21.3. The third-order valence-corrected chi connectivity index (χ3v) is 6.52. The molecule has 5 heterocycles. The number of rotatable bonds is 5. The van der Waals surface area contributed by atoms with Crippen LogP contribution in [0, 0.1) is 20.8 Å². The molecule has 4 aromatic heterocycles. The van der Waals surface area contributed by atoms with Crippen molar-refractivity contribution in [1.29, 1.82) is 0 Å². The summed E-state index contributed by atoms with van der Waals surface area (Å²) >= 11 is 5.82. The Morgan fingerprint density at radius 2 is 1.73 bits per heavy atom. The summed E-state index contributed by atoms with van der Waals surface area (Å²) < 4.78 is 2.21. The molecule has 0 amide bonds. The largest absolute Gasteiger partial charge is 0.352 e. The number of pyridine rings is 3. The van der Waals surface area contributed by atoms with E-state index >= 15 is 0 Å². The minimum atomic E-state index is -0.0673. The van der Waals surface area contributed by atoms with Crippen LogP contribution in [0.3, 0.4) is 0 Å². The average Bonchev–Trinajstić information content (AvgIpc) is 3.31. The summed E-state index contributed by atoms with van der Waals surface area (Å²) in [5.74, 6) is 0.918. The summed E-state index contributed by atoms with van der Waals surface area (Å²) in [6, 6.07) is 18.3. The van der Waals surface area contributed by atoms with Crippen molar-refractivity contribution in [3.63, 3.8) is 0 Å². The lowest BCUT2D eigenvalue weighted by Gasteiger charge is -2.28. The molecular formula is C26H26N6S. The maximum atomic E-state index is 5.82. The number of aryl methyl sites for hydroxylation is 2. The van der Waals surface area contributed by atoms with E-state index in [1.54, 1.807) is 0 Å². The van der Waals surface area contributed by atoms with Crippen LogP contribution in [0.5, 0.6) is 0 Å². The van der Waals surface area contributed by atoms with Gasteiger partial charge in [-0.15, -0.1) is 0 Å². The summed E-state index contributed by atoms with van der Waals surface area (Å²) in [4.78, 5) is 16.1. The number of nitrogens with one attached hydrogen (secondary N) is 1. The van der Waals surface area contributed by atoms with Gasteiger partial charge in [-0.25, -0.2) is 4.98 Å². The molecule has 4 aromatic rings. The van der Waals surface area contributed by atoms with E-state index in [0.29, 0.717) is 11.7 Å². The molecule has 1 N–H and O–H groups in total. The first-order chi connectivity index (χ1) is 16.0. The molecule has 1 aliphatic rings. The van der Waals surface area contributed by atoms with E-state index in [2.05, 4.69) is 74.8 Å². The van der Waals surface area contributed by atoms with E-state index in [1.807, 2.05) is 48.9 Å². The summed E-state index contributed by atoms with van der Waals surface area (Å²) in [6.45, 7) is 6.94. The van der Waals surface area contributed by atoms with Gasteiger partial charge in [0, 0.05) is 30.0 Å². The zero-order valence-electron chi connectivity index (χ0n) is 18.9.